The average Bonchev–Trinajstić information content (AvgIpc) is 2.28. The first-order valence-electron chi connectivity index (χ1n) is 5.01. The van der Waals surface area contributed by atoms with E-state index < -0.39 is 6.04 Å². The molecule has 0 aromatic carbocycles. The van der Waals surface area contributed by atoms with Gasteiger partial charge in [0.1, 0.15) is 11.8 Å². The summed E-state index contributed by atoms with van der Waals surface area (Å²) >= 11 is 0. The van der Waals surface area contributed by atoms with Crippen LogP contribution in [0, 0.1) is 6.92 Å². The molecule has 0 saturated heterocycles. The summed E-state index contributed by atoms with van der Waals surface area (Å²) in [6.07, 6.45) is 0. The van der Waals surface area contributed by atoms with Crippen molar-refractivity contribution in [1.82, 2.24) is 10.3 Å². The van der Waals surface area contributed by atoms with Crippen molar-refractivity contribution in [2.45, 2.75) is 26.4 Å². The summed E-state index contributed by atoms with van der Waals surface area (Å²) in [7, 11) is 1.34. The van der Waals surface area contributed by atoms with E-state index in [9.17, 15) is 9.90 Å². The molecule has 1 aromatic heterocycles. The van der Waals surface area contributed by atoms with E-state index in [2.05, 4.69) is 15.0 Å². The Hall–Kier alpha value is -1.62. The Morgan fingerprint density at radius 2 is 2.31 bits per heavy atom. The number of ether oxygens (including phenoxy) is 1. The third kappa shape index (κ3) is 3.20. The lowest BCUT2D eigenvalue weighted by Gasteiger charge is -2.11. The van der Waals surface area contributed by atoms with Crippen LogP contribution in [0.3, 0.4) is 0 Å². The van der Waals surface area contributed by atoms with Gasteiger partial charge in [0.05, 0.1) is 12.8 Å². The monoisotopic (exact) mass is 224 g/mol. The Morgan fingerprint density at radius 3 is 2.94 bits per heavy atom. The van der Waals surface area contributed by atoms with E-state index in [0.717, 1.165) is 5.69 Å². The Bertz CT molecular complexity index is 379. The van der Waals surface area contributed by atoms with Crippen LogP contribution in [0.4, 0.5) is 0 Å². The molecule has 1 atom stereocenters. The lowest BCUT2D eigenvalue weighted by Crippen LogP contribution is -2.34. The number of nitrogens with zero attached hydrogens (tertiary/aromatic N) is 1. The van der Waals surface area contributed by atoms with E-state index in [1.807, 2.05) is 6.92 Å². The first-order chi connectivity index (χ1) is 7.54. The second-order valence-corrected chi connectivity index (χ2v) is 3.54. The quantitative estimate of drug-likeness (QED) is 0.738. The van der Waals surface area contributed by atoms with Crippen LogP contribution in [-0.4, -0.2) is 29.2 Å². The molecule has 0 fully saturated rings. The van der Waals surface area contributed by atoms with Crippen LogP contribution >= 0.6 is 0 Å². The summed E-state index contributed by atoms with van der Waals surface area (Å²) in [6.45, 7) is 3.86. The van der Waals surface area contributed by atoms with Crippen molar-refractivity contribution in [2.24, 2.45) is 0 Å². The maximum atomic E-state index is 11.1. The first-order valence-corrected chi connectivity index (χ1v) is 5.01. The molecule has 1 heterocycles. The van der Waals surface area contributed by atoms with Gasteiger partial charge in [-0.2, -0.15) is 0 Å². The predicted octanol–water partition coefficient (Wildman–Crippen LogP) is 0.747. The highest BCUT2D eigenvalue weighted by Gasteiger charge is 2.13. The molecular formula is C11H16N2O3. The molecule has 16 heavy (non-hydrogen) atoms. The zero-order valence-electron chi connectivity index (χ0n) is 9.65. The number of nitrogens with one attached hydrogen (secondary N) is 1. The van der Waals surface area contributed by atoms with Crippen molar-refractivity contribution in [3.05, 3.63) is 23.5 Å². The predicted molar refractivity (Wildman–Crippen MR) is 59.0 cm³/mol. The number of methoxy groups -OCH3 is 1. The zero-order valence-corrected chi connectivity index (χ0v) is 9.65. The Labute approximate surface area is 94.5 Å². The fourth-order valence-electron chi connectivity index (χ4n) is 1.24. The van der Waals surface area contributed by atoms with Gasteiger partial charge in [0.25, 0.3) is 0 Å². The van der Waals surface area contributed by atoms with Gasteiger partial charge in [-0.1, -0.05) is 0 Å². The van der Waals surface area contributed by atoms with Gasteiger partial charge in [0.15, 0.2) is 0 Å². The SMILES string of the molecule is COC(=O)[C@H](C)NCc1nc(C)ccc1O. The van der Waals surface area contributed by atoms with Crippen molar-refractivity contribution in [3.8, 4) is 5.75 Å². The standard InChI is InChI=1S/C11H16N2O3/c1-7-4-5-10(14)9(13-7)6-12-8(2)11(15)16-3/h4-5,8,12,14H,6H2,1-3H3/t8-/m0/s1. The van der Waals surface area contributed by atoms with E-state index in [0.29, 0.717) is 12.2 Å². The van der Waals surface area contributed by atoms with Gasteiger partial charge in [0.2, 0.25) is 0 Å². The van der Waals surface area contributed by atoms with Gasteiger partial charge in [-0.25, -0.2) is 0 Å². The smallest absolute Gasteiger partial charge is 0.322 e. The van der Waals surface area contributed by atoms with Gasteiger partial charge in [0, 0.05) is 12.2 Å². The van der Waals surface area contributed by atoms with Crippen molar-refractivity contribution < 1.29 is 14.6 Å². The van der Waals surface area contributed by atoms with Crippen molar-refractivity contribution >= 4 is 5.97 Å². The molecule has 0 bridgehead atoms. The van der Waals surface area contributed by atoms with E-state index in [1.165, 1.54) is 7.11 Å². The summed E-state index contributed by atoms with van der Waals surface area (Å²) in [5.41, 5.74) is 1.34. The third-order valence-corrected chi connectivity index (χ3v) is 2.22. The number of hydrogen-bond acceptors (Lipinski definition) is 5. The highest BCUT2D eigenvalue weighted by molar-refractivity contribution is 5.75. The second-order valence-electron chi connectivity index (χ2n) is 3.54. The van der Waals surface area contributed by atoms with Crippen LogP contribution in [0.2, 0.25) is 0 Å². The molecule has 2 N–H and O–H groups in total. The molecule has 0 spiro atoms. The fourth-order valence-corrected chi connectivity index (χ4v) is 1.24. The van der Waals surface area contributed by atoms with Crippen LogP contribution in [0.1, 0.15) is 18.3 Å². The third-order valence-electron chi connectivity index (χ3n) is 2.22. The minimum Gasteiger partial charge on any atom is -0.506 e. The maximum absolute atomic E-state index is 11.1. The minimum absolute atomic E-state index is 0.121. The number of aryl methyl sites for hydroxylation is 1. The van der Waals surface area contributed by atoms with Crippen LogP contribution < -0.4 is 5.32 Å². The fraction of sp³-hybridized carbons (Fsp3) is 0.455. The van der Waals surface area contributed by atoms with Crippen LogP contribution in [0.5, 0.6) is 5.75 Å². The minimum atomic E-state index is -0.424. The first kappa shape index (κ1) is 12.4. The lowest BCUT2D eigenvalue weighted by molar-refractivity contribution is -0.142. The molecule has 5 heteroatoms. The van der Waals surface area contributed by atoms with Gasteiger partial charge in [-0.15, -0.1) is 0 Å². The molecule has 88 valence electrons. The molecule has 0 aliphatic heterocycles. The molecule has 1 rings (SSSR count). The number of rotatable bonds is 4. The number of pyridine rings is 1. The number of aromatic nitrogens is 1. The van der Waals surface area contributed by atoms with E-state index in [4.69, 9.17) is 0 Å². The molecule has 0 unspecified atom stereocenters. The molecule has 0 saturated carbocycles. The number of esters is 1. The molecule has 0 aliphatic carbocycles. The molecule has 0 amide bonds. The van der Waals surface area contributed by atoms with E-state index in [1.54, 1.807) is 19.1 Å². The van der Waals surface area contributed by atoms with Gasteiger partial charge < -0.3 is 9.84 Å². The maximum Gasteiger partial charge on any atom is 0.322 e. The summed E-state index contributed by atoms with van der Waals surface area (Å²) in [6, 6.07) is 2.89. The normalized spacial score (nSPS) is 12.2. The Kier molecular flexibility index (Phi) is 4.25. The largest absolute Gasteiger partial charge is 0.506 e. The van der Waals surface area contributed by atoms with E-state index >= 15 is 0 Å². The highest BCUT2D eigenvalue weighted by Crippen LogP contribution is 2.14. The summed E-state index contributed by atoms with van der Waals surface area (Å²) in [5, 5.41) is 12.4. The van der Waals surface area contributed by atoms with E-state index in [-0.39, 0.29) is 11.7 Å². The zero-order chi connectivity index (χ0) is 12.1. The highest BCUT2D eigenvalue weighted by atomic mass is 16.5. The summed E-state index contributed by atoms with van der Waals surface area (Å²) in [4.78, 5) is 15.3. The second kappa shape index (κ2) is 5.46. The molecule has 5 nitrogen and oxygen atoms in total. The molecule has 0 radical (unpaired) electrons. The average molecular weight is 224 g/mol. The molecule has 1 aromatic rings. The Balaban J connectivity index is 2.60. The van der Waals surface area contributed by atoms with Gasteiger partial charge in [-0.05, 0) is 26.0 Å². The number of carbonyl (C=O) groups excluding carboxylic acids is 1. The molecular weight excluding hydrogens is 208 g/mol. The summed E-state index contributed by atoms with van der Waals surface area (Å²) in [5.74, 6) is -0.220. The van der Waals surface area contributed by atoms with Gasteiger partial charge >= 0.3 is 5.97 Å². The number of aromatic hydroxyl groups is 1. The van der Waals surface area contributed by atoms with Crippen molar-refractivity contribution in [1.29, 1.82) is 0 Å². The number of hydrogen-bond donors (Lipinski definition) is 2. The molecule has 0 aliphatic rings. The van der Waals surface area contributed by atoms with Crippen LogP contribution in [0.25, 0.3) is 0 Å². The Morgan fingerprint density at radius 1 is 1.62 bits per heavy atom. The summed E-state index contributed by atoms with van der Waals surface area (Å²) < 4.78 is 4.57. The van der Waals surface area contributed by atoms with Crippen LogP contribution in [-0.2, 0) is 16.1 Å². The van der Waals surface area contributed by atoms with Crippen molar-refractivity contribution in [3.63, 3.8) is 0 Å². The number of carbonyl (C=O) groups is 1. The lowest BCUT2D eigenvalue weighted by atomic mass is 10.2. The van der Waals surface area contributed by atoms with Gasteiger partial charge in [-0.3, -0.25) is 15.1 Å². The van der Waals surface area contributed by atoms with Crippen molar-refractivity contribution in [2.75, 3.05) is 7.11 Å². The topological polar surface area (TPSA) is 71.5 Å². The van der Waals surface area contributed by atoms with Crippen LogP contribution in [0.15, 0.2) is 12.1 Å².